The van der Waals surface area contributed by atoms with Gasteiger partial charge in [0, 0.05) is 6.54 Å². The third kappa shape index (κ3) is 2.70. The summed E-state index contributed by atoms with van der Waals surface area (Å²) in [5.41, 5.74) is 1.09. The third-order valence-corrected chi connectivity index (χ3v) is 6.52. The van der Waals surface area contributed by atoms with Crippen molar-refractivity contribution in [3.8, 4) is 0 Å². The number of sulfonamides is 1. The van der Waals surface area contributed by atoms with Crippen molar-refractivity contribution < 1.29 is 17.9 Å². The van der Waals surface area contributed by atoms with Gasteiger partial charge in [-0.1, -0.05) is 42.9 Å². The topological polar surface area (TPSA) is 63.7 Å². The molecule has 21 heavy (non-hydrogen) atoms. The summed E-state index contributed by atoms with van der Waals surface area (Å²) in [4.78, 5) is 11.8. The molecule has 6 heteroatoms. The Balaban J connectivity index is 2.32. The van der Waals surface area contributed by atoms with Crippen LogP contribution < -0.4 is 0 Å². The van der Waals surface area contributed by atoms with Crippen LogP contribution in [-0.2, 0) is 19.6 Å². The highest BCUT2D eigenvalue weighted by Crippen LogP contribution is 2.36. The predicted octanol–water partition coefficient (Wildman–Crippen LogP) is 1.78. The summed E-state index contributed by atoms with van der Waals surface area (Å²) in [6.07, 6.45) is 9.98. The average molecular weight is 311 g/mol. The highest BCUT2D eigenvalue weighted by atomic mass is 32.2. The molecule has 2 unspecified atom stereocenters. The number of hydrogen-bond donors (Lipinski definition) is 0. The number of methoxy groups -OCH3 is 1. The predicted molar refractivity (Wildman–Crippen MR) is 81.1 cm³/mol. The van der Waals surface area contributed by atoms with E-state index in [1.807, 2.05) is 13.0 Å². The molecule has 0 aromatic heterocycles. The van der Waals surface area contributed by atoms with Gasteiger partial charge in [-0.05, 0) is 19.8 Å². The number of nitrogens with zero attached hydrogens (tertiary/aromatic N) is 1. The van der Waals surface area contributed by atoms with Crippen LogP contribution in [0.1, 0.15) is 26.7 Å². The molecule has 0 aromatic carbocycles. The first-order chi connectivity index (χ1) is 9.85. The van der Waals surface area contributed by atoms with Crippen LogP contribution >= 0.6 is 0 Å². The lowest BCUT2D eigenvalue weighted by atomic mass is 9.94. The molecular formula is C15H21NO4S. The van der Waals surface area contributed by atoms with Crippen LogP contribution in [0.2, 0.25) is 0 Å². The maximum atomic E-state index is 13.0. The van der Waals surface area contributed by atoms with Crippen molar-refractivity contribution in [2.75, 3.05) is 13.7 Å². The number of rotatable bonds is 4. The fourth-order valence-electron chi connectivity index (χ4n) is 2.71. The standard InChI is InChI=1S/C15H21NO4S/c1-4-12-7-5-9-15(2,11-12)21(18,19)16-10-6-8-13(16)14(17)20-3/h5-9,13H,4,10-11H2,1-3H3. The van der Waals surface area contributed by atoms with Gasteiger partial charge < -0.3 is 4.74 Å². The Labute approximate surface area is 126 Å². The molecule has 5 nitrogen and oxygen atoms in total. The van der Waals surface area contributed by atoms with Gasteiger partial charge in [0.1, 0.15) is 10.8 Å². The molecular weight excluding hydrogens is 290 g/mol. The first-order valence-corrected chi connectivity index (χ1v) is 8.43. The zero-order valence-electron chi connectivity index (χ0n) is 12.6. The van der Waals surface area contributed by atoms with E-state index in [1.54, 1.807) is 31.2 Å². The highest BCUT2D eigenvalue weighted by Gasteiger charge is 2.47. The summed E-state index contributed by atoms with van der Waals surface area (Å²) in [7, 11) is -2.40. The number of hydrogen-bond acceptors (Lipinski definition) is 4. The molecule has 0 saturated heterocycles. The van der Waals surface area contributed by atoms with Gasteiger partial charge in [0.05, 0.1) is 7.11 Å². The Bertz CT molecular complexity index is 618. The zero-order valence-corrected chi connectivity index (χ0v) is 13.4. The summed E-state index contributed by atoms with van der Waals surface area (Å²) >= 11 is 0. The van der Waals surface area contributed by atoms with Gasteiger partial charge >= 0.3 is 5.97 Å². The van der Waals surface area contributed by atoms with Gasteiger partial charge in [-0.3, -0.25) is 0 Å². The van der Waals surface area contributed by atoms with Crippen LogP contribution in [0.25, 0.3) is 0 Å². The SMILES string of the molecule is CCC1=CC=CC(C)(S(=O)(=O)N2CC=CC2C(=O)OC)C1. The van der Waals surface area contributed by atoms with Crippen LogP contribution in [-0.4, -0.2) is 43.1 Å². The molecule has 2 atom stereocenters. The summed E-state index contributed by atoms with van der Waals surface area (Å²) in [5.74, 6) is -0.554. The molecule has 0 N–H and O–H groups in total. The minimum atomic E-state index is -3.67. The molecule has 0 bridgehead atoms. The molecule has 1 heterocycles. The van der Waals surface area contributed by atoms with Gasteiger partial charge in [0.2, 0.25) is 10.0 Å². The van der Waals surface area contributed by atoms with E-state index in [-0.39, 0.29) is 6.54 Å². The van der Waals surface area contributed by atoms with Crippen LogP contribution in [0.3, 0.4) is 0 Å². The van der Waals surface area contributed by atoms with Crippen molar-refractivity contribution in [1.29, 1.82) is 0 Å². The second-order valence-electron chi connectivity index (χ2n) is 5.50. The molecule has 0 fully saturated rings. The van der Waals surface area contributed by atoms with Crippen molar-refractivity contribution >= 4 is 16.0 Å². The van der Waals surface area contributed by atoms with Gasteiger partial charge in [0.15, 0.2) is 0 Å². The fourth-order valence-corrected chi connectivity index (χ4v) is 4.60. The van der Waals surface area contributed by atoms with E-state index in [9.17, 15) is 13.2 Å². The van der Waals surface area contributed by atoms with Gasteiger partial charge in [-0.2, -0.15) is 4.31 Å². The Morgan fingerprint density at radius 2 is 2.24 bits per heavy atom. The summed E-state index contributed by atoms with van der Waals surface area (Å²) in [6, 6.07) is -0.860. The maximum absolute atomic E-state index is 13.0. The highest BCUT2D eigenvalue weighted by molar-refractivity contribution is 7.90. The lowest BCUT2D eigenvalue weighted by molar-refractivity contribution is -0.143. The summed E-state index contributed by atoms with van der Waals surface area (Å²) in [5, 5.41) is 0. The fraction of sp³-hybridized carbons (Fsp3) is 0.533. The molecule has 0 spiro atoms. The Morgan fingerprint density at radius 1 is 1.52 bits per heavy atom. The van der Waals surface area contributed by atoms with E-state index in [0.29, 0.717) is 6.42 Å². The molecule has 2 aliphatic rings. The van der Waals surface area contributed by atoms with E-state index in [4.69, 9.17) is 4.74 Å². The van der Waals surface area contributed by atoms with Crippen molar-refractivity contribution in [3.63, 3.8) is 0 Å². The number of esters is 1. The minimum Gasteiger partial charge on any atom is -0.468 e. The Kier molecular flexibility index (Phi) is 4.39. The van der Waals surface area contributed by atoms with Crippen LogP contribution in [0.15, 0.2) is 36.0 Å². The quantitative estimate of drug-likeness (QED) is 0.586. The van der Waals surface area contributed by atoms with Gasteiger partial charge in [-0.25, -0.2) is 13.2 Å². The van der Waals surface area contributed by atoms with Crippen molar-refractivity contribution in [1.82, 2.24) is 4.31 Å². The van der Waals surface area contributed by atoms with Crippen LogP contribution in [0.4, 0.5) is 0 Å². The number of carbonyl (C=O) groups excluding carboxylic acids is 1. The van der Waals surface area contributed by atoms with E-state index in [0.717, 1.165) is 12.0 Å². The number of allylic oxidation sites excluding steroid dienone is 3. The molecule has 116 valence electrons. The van der Waals surface area contributed by atoms with E-state index >= 15 is 0 Å². The molecule has 0 radical (unpaired) electrons. The lowest BCUT2D eigenvalue weighted by Crippen LogP contribution is -2.50. The molecule has 0 aromatic rings. The van der Waals surface area contributed by atoms with E-state index in [2.05, 4.69) is 0 Å². The normalized spacial score (nSPS) is 29.5. The number of ether oxygens (including phenoxy) is 1. The molecule has 0 amide bonds. The van der Waals surface area contributed by atoms with Crippen molar-refractivity contribution in [3.05, 3.63) is 36.0 Å². The van der Waals surface area contributed by atoms with Crippen LogP contribution in [0.5, 0.6) is 0 Å². The second-order valence-corrected chi connectivity index (χ2v) is 7.85. The van der Waals surface area contributed by atoms with Crippen molar-refractivity contribution in [2.24, 2.45) is 0 Å². The Hall–Kier alpha value is -1.40. The average Bonchev–Trinajstić information content (AvgIpc) is 2.96. The summed E-state index contributed by atoms with van der Waals surface area (Å²) < 4.78 is 30.9. The zero-order chi connectivity index (χ0) is 15.7. The molecule has 1 aliphatic heterocycles. The van der Waals surface area contributed by atoms with Crippen molar-refractivity contribution in [2.45, 2.75) is 37.5 Å². The first kappa shape index (κ1) is 16.0. The largest absolute Gasteiger partial charge is 0.468 e. The van der Waals surface area contributed by atoms with Gasteiger partial charge in [-0.15, -0.1) is 0 Å². The Morgan fingerprint density at radius 3 is 2.86 bits per heavy atom. The number of carbonyl (C=O) groups is 1. The third-order valence-electron chi connectivity index (χ3n) is 4.07. The lowest BCUT2D eigenvalue weighted by Gasteiger charge is -2.35. The van der Waals surface area contributed by atoms with E-state index < -0.39 is 26.8 Å². The van der Waals surface area contributed by atoms with E-state index in [1.165, 1.54) is 11.4 Å². The van der Waals surface area contributed by atoms with Gasteiger partial charge in [0.25, 0.3) is 0 Å². The smallest absolute Gasteiger partial charge is 0.328 e. The molecule has 1 aliphatic carbocycles. The maximum Gasteiger partial charge on any atom is 0.328 e. The minimum absolute atomic E-state index is 0.205. The first-order valence-electron chi connectivity index (χ1n) is 6.99. The molecule has 0 saturated carbocycles. The second kappa shape index (κ2) is 5.77. The monoisotopic (exact) mass is 311 g/mol. The van der Waals surface area contributed by atoms with Crippen LogP contribution in [0, 0.1) is 0 Å². The summed E-state index contributed by atoms with van der Waals surface area (Å²) in [6.45, 7) is 3.91. The molecule has 2 rings (SSSR count).